The quantitative estimate of drug-likeness (QED) is 0.695. The molecule has 0 aromatic heterocycles. The van der Waals surface area contributed by atoms with E-state index in [0.29, 0.717) is 31.3 Å². The molecule has 1 aliphatic heterocycles. The highest BCUT2D eigenvalue weighted by Gasteiger charge is 2.33. The summed E-state index contributed by atoms with van der Waals surface area (Å²) in [5.74, 6) is -5.43. The van der Waals surface area contributed by atoms with Crippen molar-refractivity contribution in [3.05, 3.63) is 53.8 Å². The molecule has 1 amide bonds. The van der Waals surface area contributed by atoms with Crippen LogP contribution in [0.1, 0.15) is 19.8 Å². The summed E-state index contributed by atoms with van der Waals surface area (Å²) in [6.45, 7) is 2.40. The minimum absolute atomic E-state index is 0.0682. The third-order valence-corrected chi connectivity index (χ3v) is 6.70. The summed E-state index contributed by atoms with van der Waals surface area (Å²) in [6.07, 6.45) is 0.807. The van der Waals surface area contributed by atoms with Crippen LogP contribution in [0.5, 0.6) is 5.75 Å². The standard InChI is InChI=1S/C20H21F3N2O4S/c1-2-29-14-5-7-15(8-6-14)30(27,28)25-11-3-4-13(12-25)20(26)24-17-10-9-16(21)18(22)19(17)23/h5-10,13H,2-4,11-12H2,1H3,(H,24,26)/t13-/m0/s1. The van der Waals surface area contributed by atoms with E-state index in [1.165, 1.54) is 16.4 Å². The average molecular weight is 442 g/mol. The first-order valence-electron chi connectivity index (χ1n) is 9.41. The molecule has 0 aliphatic carbocycles. The van der Waals surface area contributed by atoms with Crippen LogP contribution in [-0.4, -0.2) is 38.3 Å². The molecule has 2 aromatic rings. The van der Waals surface area contributed by atoms with Crippen molar-refractivity contribution >= 4 is 21.6 Å². The fourth-order valence-electron chi connectivity index (χ4n) is 3.26. The van der Waals surface area contributed by atoms with Gasteiger partial charge in [0.05, 0.1) is 23.1 Å². The zero-order valence-corrected chi connectivity index (χ0v) is 17.0. The van der Waals surface area contributed by atoms with Gasteiger partial charge < -0.3 is 10.1 Å². The number of hydrogen-bond donors (Lipinski definition) is 1. The molecule has 0 unspecified atom stereocenters. The van der Waals surface area contributed by atoms with E-state index >= 15 is 0 Å². The number of carbonyl (C=O) groups is 1. The van der Waals surface area contributed by atoms with E-state index < -0.39 is 45.0 Å². The summed E-state index contributed by atoms with van der Waals surface area (Å²) >= 11 is 0. The number of ether oxygens (including phenoxy) is 1. The van der Waals surface area contributed by atoms with Gasteiger partial charge in [-0.2, -0.15) is 4.31 Å². The summed E-state index contributed by atoms with van der Waals surface area (Å²) in [7, 11) is -3.84. The summed E-state index contributed by atoms with van der Waals surface area (Å²) in [4.78, 5) is 12.6. The molecule has 0 bridgehead atoms. The maximum Gasteiger partial charge on any atom is 0.243 e. The molecule has 0 spiro atoms. The van der Waals surface area contributed by atoms with E-state index in [2.05, 4.69) is 5.32 Å². The zero-order valence-electron chi connectivity index (χ0n) is 16.2. The number of nitrogens with zero attached hydrogens (tertiary/aromatic N) is 1. The van der Waals surface area contributed by atoms with Gasteiger partial charge in [-0.05, 0) is 56.2 Å². The number of carbonyl (C=O) groups excluding carboxylic acids is 1. The molecular formula is C20H21F3N2O4S. The van der Waals surface area contributed by atoms with Crippen LogP contribution < -0.4 is 10.1 Å². The maximum atomic E-state index is 13.8. The lowest BCUT2D eigenvalue weighted by Gasteiger charge is -2.31. The Labute approximate surface area is 172 Å². The number of piperidine rings is 1. The van der Waals surface area contributed by atoms with Gasteiger partial charge in [-0.3, -0.25) is 4.79 Å². The highest BCUT2D eigenvalue weighted by Crippen LogP contribution is 2.27. The van der Waals surface area contributed by atoms with E-state index in [-0.39, 0.29) is 18.0 Å². The molecule has 1 atom stereocenters. The Bertz CT molecular complexity index is 1030. The number of nitrogens with one attached hydrogen (secondary N) is 1. The number of halogens is 3. The van der Waals surface area contributed by atoms with Gasteiger partial charge >= 0.3 is 0 Å². The second kappa shape index (κ2) is 9.05. The van der Waals surface area contributed by atoms with Crippen LogP contribution in [0.4, 0.5) is 18.9 Å². The van der Waals surface area contributed by atoms with Gasteiger partial charge in [-0.1, -0.05) is 0 Å². The molecule has 0 radical (unpaired) electrons. The molecule has 1 N–H and O–H groups in total. The van der Waals surface area contributed by atoms with Crippen LogP contribution in [0.15, 0.2) is 41.3 Å². The topological polar surface area (TPSA) is 75.7 Å². The Morgan fingerprint density at radius 3 is 2.50 bits per heavy atom. The van der Waals surface area contributed by atoms with E-state index in [1.807, 2.05) is 6.92 Å². The summed E-state index contributed by atoms with van der Waals surface area (Å²) < 4.78 is 72.6. The lowest BCUT2D eigenvalue weighted by atomic mass is 9.98. The first kappa shape index (κ1) is 22.1. The van der Waals surface area contributed by atoms with Crippen molar-refractivity contribution in [3.8, 4) is 5.75 Å². The molecule has 30 heavy (non-hydrogen) atoms. The molecule has 162 valence electrons. The lowest BCUT2D eigenvalue weighted by Crippen LogP contribution is -2.43. The van der Waals surface area contributed by atoms with Gasteiger partial charge in [-0.15, -0.1) is 0 Å². The number of anilines is 1. The molecule has 1 aliphatic rings. The van der Waals surface area contributed by atoms with Crippen LogP contribution in [0.2, 0.25) is 0 Å². The van der Waals surface area contributed by atoms with Crippen molar-refractivity contribution in [3.63, 3.8) is 0 Å². The van der Waals surface area contributed by atoms with Crippen LogP contribution in [-0.2, 0) is 14.8 Å². The second-order valence-electron chi connectivity index (χ2n) is 6.82. The first-order chi connectivity index (χ1) is 14.2. The van der Waals surface area contributed by atoms with Crippen LogP contribution in [0.25, 0.3) is 0 Å². The number of sulfonamides is 1. The van der Waals surface area contributed by atoms with Crippen LogP contribution in [0, 0.1) is 23.4 Å². The zero-order chi connectivity index (χ0) is 21.9. The maximum absolute atomic E-state index is 13.8. The minimum Gasteiger partial charge on any atom is -0.494 e. The van der Waals surface area contributed by atoms with Crippen molar-refractivity contribution in [2.75, 3.05) is 25.0 Å². The molecule has 10 heteroatoms. The van der Waals surface area contributed by atoms with Crippen LogP contribution >= 0.6 is 0 Å². The molecule has 1 heterocycles. The smallest absolute Gasteiger partial charge is 0.243 e. The van der Waals surface area contributed by atoms with Gasteiger partial charge in [-0.25, -0.2) is 21.6 Å². The minimum atomic E-state index is -3.84. The predicted molar refractivity (Wildman–Crippen MR) is 104 cm³/mol. The van der Waals surface area contributed by atoms with Gasteiger partial charge in [0.2, 0.25) is 15.9 Å². The highest BCUT2D eigenvalue weighted by molar-refractivity contribution is 7.89. The van der Waals surface area contributed by atoms with Crippen molar-refractivity contribution in [2.24, 2.45) is 5.92 Å². The van der Waals surface area contributed by atoms with E-state index in [4.69, 9.17) is 4.74 Å². The molecule has 0 saturated carbocycles. The number of rotatable bonds is 6. The molecular weight excluding hydrogens is 421 g/mol. The molecule has 2 aromatic carbocycles. The van der Waals surface area contributed by atoms with Crippen molar-refractivity contribution in [1.29, 1.82) is 0 Å². The molecule has 1 saturated heterocycles. The predicted octanol–water partition coefficient (Wildman–Crippen LogP) is 3.54. The molecule has 3 rings (SSSR count). The summed E-state index contributed by atoms with van der Waals surface area (Å²) in [5, 5.41) is 2.22. The van der Waals surface area contributed by atoms with Gasteiger partial charge in [0, 0.05) is 13.1 Å². The largest absolute Gasteiger partial charge is 0.494 e. The summed E-state index contributed by atoms with van der Waals surface area (Å²) in [5.41, 5.74) is -0.495. The van der Waals surface area contributed by atoms with Gasteiger partial charge in [0.25, 0.3) is 0 Å². The Kier molecular flexibility index (Phi) is 6.67. The molecule has 1 fully saturated rings. The number of benzene rings is 2. The Hall–Kier alpha value is -2.59. The van der Waals surface area contributed by atoms with Crippen molar-refractivity contribution in [2.45, 2.75) is 24.7 Å². The summed E-state index contributed by atoms with van der Waals surface area (Å²) in [6, 6.07) is 7.59. The fourth-order valence-corrected chi connectivity index (χ4v) is 4.78. The molecule has 6 nitrogen and oxygen atoms in total. The fraction of sp³-hybridized carbons (Fsp3) is 0.350. The van der Waals surface area contributed by atoms with Gasteiger partial charge in [0.15, 0.2) is 17.5 Å². The normalized spacial score (nSPS) is 17.5. The Morgan fingerprint density at radius 1 is 1.13 bits per heavy atom. The Morgan fingerprint density at radius 2 is 1.83 bits per heavy atom. The SMILES string of the molecule is CCOc1ccc(S(=O)(=O)N2CCC[C@H](C(=O)Nc3ccc(F)c(F)c3F)C2)cc1. The monoisotopic (exact) mass is 442 g/mol. The first-order valence-corrected chi connectivity index (χ1v) is 10.9. The second-order valence-corrected chi connectivity index (χ2v) is 8.76. The highest BCUT2D eigenvalue weighted by atomic mass is 32.2. The number of amides is 1. The van der Waals surface area contributed by atoms with E-state index in [0.717, 1.165) is 6.07 Å². The van der Waals surface area contributed by atoms with E-state index in [9.17, 15) is 26.4 Å². The number of hydrogen-bond acceptors (Lipinski definition) is 4. The van der Waals surface area contributed by atoms with Gasteiger partial charge in [0.1, 0.15) is 5.75 Å². The third kappa shape index (κ3) is 4.59. The third-order valence-electron chi connectivity index (χ3n) is 4.82. The van der Waals surface area contributed by atoms with Crippen molar-refractivity contribution < 1.29 is 31.1 Å². The van der Waals surface area contributed by atoms with Crippen molar-refractivity contribution in [1.82, 2.24) is 4.31 Å². The Balaban J connectivity index is 1.72. The van der Waals surface area contributed by atoms with E-state index in [1.54, 1.807) is 12.1 Å². The average Bonchev–Trinajstić information content (AvgIpc) is 2.75. The van der Waals surface area contributed by atoms with Crippen LogP contribution in [0.3, 0.4) is 0 Å². The lowest BCUT2D eigenvalue weighted by molar-refractivity contribution is -0.120.